The molecule has 9 heteroatoms. The van der Waals surface area contributed by atoms with Crippen LogP contribution in [0.2, 0.25) is 0 Å². The Kier molecular flexibility index (Phi) is 4.55. The summed E-state index contributed by atoms with van der Waals surface area (Å²) < 4.78 is 28.2. The Morgan fingerprint density at radius 3 is 2.96 bits per heavy atom. The van der Waals surface area contributed by atoms with Gasteiger partial charge in [-0.1, -0.05) is 6.07 Å². The number of thiophene rings is 1. The topological polar surface area (TPSA) is 79.4 Å². The molecule has 1 aromatic carbocycles. The number of aromatic nitrogens is 1. The third-order valence-electron chi connectivity index (χ3n) is 4.33. The molecule has 0 aliphatic carbocycles. The van der Waals surface area contributed by atoms with E-state index in [1.165, 1.54) is 15.6 Å². The van der Waals surface area contributed by atoms with Crippen LogP contribution in [0.15, 0.2) is 39.9 Å². The number of amides is 1. The molecule has 1 aliphatic rings. The summed E-state index contributed by atoms with van der Waals surface area (Å²) >= 11 is 2.73. The van der Waals surface area contributed by atoms with Gasteiger partial charge in [0.2, 0.25) is 5.91 Å². The second-order valence-electron chi connectivity index (χ2n) is 6.11. The van der Waals surface area contributed by atoms with E-state index in [4.69, 9.17) is 0 Å². The van der Waals surface area contributed by atoms with Crippen molar-refractivity contribution in [3.05, 3.63) is 40.7 Å². The molecule has 0 radical (unpaired) electrons. The van der Waals surface area contributed by atoms with Gasteiger partial charge in [-0.25, -0.2) is 13.4 Å². The molecule has 1 saturated heterocycles. The van der Waals surface area contributed by atoms with Crippen LogP contribution in [0, 0.1) is 6.92 Å². The second-order valence-corrected chi connectivity index (χ2v) is 10.4. The highest BCUT2D eigenvalue weighted by Gasteiger charge is 2.39. The molecule has 3 aromatic rings. The fourth-order valence-electron chi connectivity index (χ4n) is 3.16. The second kappa shape index (κ2) is 6.73. The minimum absolute atomic E-state index is 0.277. The van der Waals surface area contributed by atoms with Gasteiger partial charge in [0.05, 0.1) is 15.2 Å². The summed E-state index contributed by atoms with van der Waals surface area (Å²) in [6.07, 6.45) is 1.20. The quantitative estimate of drug-likeness (QED) is 0.718. The molecular weight excluding hydrogens is 390 g/mol. The van der Waals surface area contributed by atoms with Crippen molar-refractivity contribution in [2.24, 2.45) is 0 Å². The van der Waals surface area contributed by atoms with Crippen LogP contribution in [0.3, 0.4) is 0 Å². The maximum absolute atomic E-state index is 12.8. The molecule has 0 saturated carbocycles. The highest BCUT2D eigenvalue weighted by molar-refractivity contribution is 7.91. The molecule has 1 N–H and O–H groups in total. The Balaban J connectivity index is 1.56. The number of carbonyl (C=O) groups is 1. The van der Waals surface area contributed by atoms with E-state index in [1.54, 1.807) is 34.9 Å². The minimum Gasteiger partial charge on any atom is -0.325 e. The number of nitrogens with one attached hydrogen (secondary N) is 1. The van der Waals surface area contributed by atoms with Crippen molar-refractivity contribution in [2.45, 2.75) is 30.0 Å². The predicted molar refractivity (Wildman–Crippen MR) is 104 cm³/mol. The van der Waals surface area contributed by atoms with Gasteiger partial charge in [-0.05, 0) is 49.4 Å². The largest absolute Gasteiger partial charge is 0.325 e. The molecule has 2 aromatic heterocycles. The number of thiazole rings is 1. The molecule has 0 spiro atoms. The van der Waals surface area contributed by atoms with Crippen molar-refractivity contribution in [1.82, 2.24) is 9.29 Å². The fourth-order valence-corrected chi connectivity index (χ4v) is 6.80. The Hall–Kier alpha value is -1.81. The molecule has 0 unspecified atom stereocenters. The average molecular weight is 408 g/mol. The fraction of sp³-hybridized carbons (Fsp3) is 0.294. The summed E-state index contributed by atoms with van der Waals surface area (Å²) in [5.41, 5.74) is 1.56. The molecule has 26 heavy (non-hydrogen) atoms. The number of sulfonamides is 1. The first-order valence-corrected chi connectivity index (χ1v) is 11.3. The third-order valence-corrected chi connectivity index (χ3v) is 8.54. The van der Waals surface area contributed by atoms with E-state index in [0.717, 1.165) is 15.2 Å². The predicted octanol–water partition coefficient (Wildman–Crippen LogP) is 3.46. The zero-order valence-corrected chi connectivity index (χ0v) is 16.5. The van der Waals surface area contributed by atoms with Crippen molar-refractivity contribution in [2.75, 3.05) is 11.9 Å². The number of nitrogens with zero attached hydrogens (tertiary/aromatic N) is 2. The summed E-state index contributed by atoms with van der Waals surface area (Å²) in [6, 6.07) is 8.14. The van der Waals surface area contributed by atoms with E-state index in [0.29, 0.717) is 25.1 Å². The normalized spacial score (nSPS) is 18.4. The number of anilines is 1. The number of hydrogen-bond donors (Lipinski definition) is 1. The standard InChI is InChI=1S/C17H17N3O3S3/c1-11-18-13-7-6-12(10-15(13)25-11)19-17(21)14-4-2-8-20(14)26(22,23)16-5-3-9-24-16/h3,5-7,9-10,14H,2,4,8H2,1H3,(H,19,21)/t14-/m1/s1. The van der Waals surface area contributed by atoms with Gasteiger partial charge >= 0.3 is 0 Å². The van der Waals surface area contributed by atoms with Gasteiger partial charge in [0.15, 0.2) is 0 Å². The third kappa shape index (κ3) is 3.16. The van der Waals surface area contributed by atoms with E-state index in [-0.39, 0.29) is 10.1 Å². The van der Waals surface area contributed by atoms with Gasteiger partial charge in [-0.15, -0.1) is 22.7 Å². The van der Waals surface area contributed by atoms with E-state index in [1.807, 2.05) is 19.1 Å². The van der Waals surface area contributed by atoms with Crippen molar-refractivity contribution in [1.29, 1.82) is 0 Å². The van der Waals surface area contributed by atoms with Crippen LogP contribution in [-0.2, 0) is 14.8 Å². The Labute approximate surface area is 159 Å². The van der Waals surface area contributed by atoms with Gasteiger partial charge in [0, 0.05) is 12.2 Å². The number of rotatable bonds is 4. The Morgan fingerprint density at radius 1 is 1.35 bits per heavy atom. The van der Waals surface area contributed by atoms with Crippen LogP contribution in [0.25, 0.3) is 10.2 Å². The molecule has 1 atom stereocenters. The van der Waals surface area contributed by atoms with Crippen molar-refractivity contribution in [3.8, 4) is 0 Å². The van der Waals surface area contributed by atoms with Crippen molar-refractivity contribution in [3.63, 3.8) is 0 Å². The van der Waals surface area contributed by atoms with Gasteiger partial charge in [0.25, 0.3) is 10.0 Å². The zero-order chi connectivity index (χ0) is 18.3. The molecule has 3 heterocycles. The highest BCUT2D eigenvalue weighted by atomic mass is 32.2. The Bertz CT molecular complexity index is 1060. The molecule has 1 amide bonds. The van der Waals surface area contributed by atoms with Crippen molar-refractivity contribution < 1.29 is 13.2 Å². The van der Waals surface area contributed by atoms with Crippen LogP contribution in [0.1, 0.15) is 17.8 Å². The zero-order valence-electron chi connectivity index (χ0n) is 14.0. The average Bonchev–Trinajstić information content (AvgIpc) is 3.34. The first-order valence-electron chi connectivity index (χ1n) is 8.18. The molecule has 1 fully saturated rings. The van der Waals surface area contributed by atoms with Gasteiger partial charge in [0.1, 0.15) is 10.3 Å². The summed E-state index contributed by atoms with van der Waals surface area (Å²) in [5.74, 6) is -0.289. The van der Waals surface area contributed by atoms with Crippen LogP contribution >= 0.6 is 22.7 Å². The summed E-state index contributed by atoms with van der Waals surface area (Å²) in [6.45, 7) is 2.31. The highest BCUT2D eigenvalue weighted by Crippen LogP contribution is 2.30. The SMILES string of the molecule is Cc1nc2ccc(NC(=O)[C@H]3CCCN3S(=O)(=O)c3cccs3)cc2s1. The lowest BCUT2D eigenvalue weighted by atomic mass is 10.2. The smallest absolute Gasteiger partial charge is 0.253 e. The van der Waals surface area contributed by atoms with E-state index in [2.05, 4.69) is 10.3 Å². The lowest BCUT2D eigenvalue weighted by Gasteiger charge is -2.22. The summed E-state index contributed by atoms with van der Waals surface area (Å²) in [4.78, 5) is 17.2. The van der Waals surface area contributed by atoms with Gasteiger partial charge in [-0.3, -0.25) is 4.79 Å². The monoisotopic (exact) mass is 407 g/mol. The van der Waals surface area contributed by atoms with Crippen LogP contribution in [-0.4, -0.2) is 36.2 Å². The number of carbonyl (C=O) groups excluding carboxylic acids is 1. The molecule has 0 bridgehead atoms. The van der Waals surface area contributed by atoms with Crippen LogP contribution < -0.4 is 5.32 Å². The summed E-state index contributed by atoms with van der Waals surface area (Å²) in [5, 5.41) is 5.56. The summed E-state index contributed by atoms with van der Waals surface area (Å²) in [7, 11) is -3.63. The molecule has 6 nitrogen and oxygen atoms in total. The van der Waals surface area contributed by atoms with E-state index in [9.17, 15) is 13.2 Å². The Morgan fingerprint density at radius 2 is 2.19 bits per heavy atom. The minimum atomic E-state index is -3.63. The number of fused-ring (bicyclic) bond motifs is 1. The molecule has 4 rings (SSSR count). The maximum Gasteiger partial charge on any atom is 0.253 e. The first kappa shape index (κ1) is 17.6. The lowest BCUT2D eigenvalue weighted by Crippen LogP contribution is -2.42. The first-order chi connectivity index (χ1) is 12.4. The number of aryl methyl sites for hydroxylation is 1. The van der Waals surface area contributed by atoms with E-state index < -0.39 is 16.1 Å². The van der Waals surface area contributed by atoms with Crippen molar-refractivity contribution >= 4 is 54.5 Å². The number of benzene rings is 1. The lowest BCUT2D eigenvalue weighted by molar-refractivity contribution is -0.119. The van der Waals surface area contributed by atoms with Gasteiger partial charge in [-0.2, -0.15) is 4.31 Å². The van der Waals surface area contributed by atoms with Crippen LogP contribution in [0.5, 0.6) is 0 Å². The molecular formula is C17H17N3O3S3. The molecule has 1 aliphatic heterocycles. The molecule has 136 valence electrons. The van der Waals surface area contributed by atoms with E-state index >= 15 is 0 Å². The van der Waals surface area contributed by atoms with Gasteiger partial charge < -0.3 is 5.32 Å². The van der Waals surface area contributed by atoms with Crippen LogP contribution in [0.4, 0.5) is 5.69 Å². The number of hydrogen-bond acceptors (Lipinski definition) is 6. The maximum atomic E-state index is 12.8.